The van der Waals surface area contributed by atoms with E-state index in [1.165, 1.54) is 6.07 Å². The first-order valence-corrected chi connectivity index (χ1v) is 6.61. The van der Waals surface area contributed by atoms with Gasteiger partial charge in [0.1, 0.15) is 11.5 Å². The molecule has 0 bridgehead atoms. The third-order valence-electron chi connectivity index (χ3n) is 2.61. The van der Waals surface area contributed by atoms with Crippen LogP contribution in [0.2, 0.25) is 0 Å². The van der Waals surface area contributed by atoms with E-state index in [2.05, 4.69) is 0 Å². The van der Waals surface area contributed by atoms with E-state index in [0.29, 0.717) is 5.39 Å². The standard InChI is InChI=1S/C11H12NO4P/c12-11(17(14,15)16)10-8-4-2-1-3-7(8)5-6-9(10)13/h1-6,11,13H,12H2,(H2,14,15,16)/t11-/m0/s1. The van der Waals surface area contributed by atoms with Crippen molar-refractivity contribution in [3.8, 4) is 5.75 Å². The Bertz CT molecular complexity index is 607. The minimum Gasteiger partial charge on any atom is -0.508 e. The average molecular weight is 253 g/mol. The van der Waals surface area contributed by atoms with E-state index in [1.807, 2.05) is 0 Å². The van der Waals surface area contributed by atoms with Crippen LogP contribution in [0.1, 0.15) is 11.3 Å². The average Bonchev–Trinajstić information content (AvgIpc) is 2.27. The number of aromatic hydroxyl groups is 1. The van der Waals surface area contributed by atoms with Crippen molar-refractivity contribution >= 4 is 18.4 Å². The fourth-order valence-electron chi connectivity index (χ4n) is 1.76. The Balaban J connectivity index is 2.75. The molecule has 0 saturated carbocycles. The Morgan fingerprint density at radius 1 is 1.12 bits per heavy atom. The number of benzene rings is 2. The Kier molecular flexibility index (Phi) is 2.93. The highest BCUT2D eigenvalue weighted by Crippen LogP contribution is 2.51. The highest BCUT2D eigenvalue weighted by molar-refractivity contribution is 7.52. The second-order valence-electron chi connectivity index (χ2n) is 3.75. The van der Waals surface area contributed by atoms with Gasteiger partial charge in [-0.25, -0.2) is 0 Å². The number of hydrogen-bond donors (Lipinski definition) is 4. The molecule has 6 heteroatoms. The topological polar surface area (TPSA) is 104 Å². The van der Waals surface area contributed by atoms with E-state index in [1.54, 1.807) is 30.3 Å². The van der Waals surface area contributed by atoms with Crippen molar-refractivity contribution in [3.05, 3.63) is 42.0 Å². The van der Waals surface area contributed by atoms with Gasteiger partial charge in [0.25, 0.3) is 0 Å². The second-order valence-corrected chi connectivity index (χ2v) is 5.49. The molecule has 0 aliphatic rings. The molecule has 0 aliphatic heterocycles. The molecule has 0 unspecified atom stereocenters. The molecule has 0 aromatic heterocycles. The zero-order chi connectivity index (χ0) is 12.6. The van der Waals surface area contributed by atoms with Gasteiger partial charge in [-0.3, -0.25) is 4.57 Å². The third kappa shape index (κ3) is 2.18. The van der Waals surface area contributed by atoms with E-state index < -0.39 is 13.4 Å². The Morgan fingerprint density at radius 2 is 1.76 bits per heavy atom. The summed E-state index contributed by atoms with van der Waals surface area (Å²) in [6.07, 6.45) is 0. The summed E-state index contributed by atoms with van der Waals surface area (Å²) in [7, 11) is -4.49. The van der Waals surface area contributed by atoms with Crippen molar-refractivity contribution < 1.29 is 19.5 Å². The number of phenolic OH excluding ortho intramolecular Hbond substituents is 1. The molecule has 0 fully saturated rings. The summed E-state index contributed by atoms with van der Waals surface area (Å²) in [6.45, 7) is 0. The van der Waals surface area contributed by atoms with Crippen molar-refractivity contribution in [2.24, 2.45) is 5.73 Å². The van der Waals surface area contributed by atoms with E-state index in [-0.39, 0.29) is 11.3 Å². The van der Waals surface area contributed by atoms with Crippen molar-refractivity contribution in [2.75, 3.05) is 0 Å². The van der Waals surface area contributed by atoms with Crippen LogP contribution in [0.3, 0.4) is 0 Å². The molecule has 1 atom stereocenters. The molecule has 2 aromatic rings. The van der Waals surface area contributed by atoms with Crippen LogP contribution in [0.5, 0.6) is 5.75 Å². The second kappa shape index (κ2) is 4.13. The normalized spacial score (nSPS) is 13.8. The van der Waals surface area contributed by atoms with Crippen LogP contribution in [-0.2, 0) is 4.57 Å². The SMILES string of the molecule is N[C@H](c1c(O)ccc2ccccc12)P(=O)(O)O. The maximum atomic E-state index is 11.2. The minimum absolute atomic E-state index is 0.0800. The van der Waals surface area contributed by atoms with Gasteiger partial charge in [-0.05, 0) is 16.8 Å². The first kappa shape index (κ1) is 12.1. The third-order valence-corrected chi connectivity index (χ3v) is 3.59. The molecule has 17 heavy (non-hydrogen) atoms. The van der Waals surface area contributed by atoms with Crippen LogP contribution in [-0.4, -0.2) is 14.9 Å². The monoisotopic (exact) mass is 253 g/mol. The predicted octanol–water partition coefficient (Wildman–Crippen LogP) is 1.68. The largest absolute Gasteiger partial charge is 0.508 e. The van der Waals surface area contributed by atoms with Gasteiger partial charge in [-0.1, -0.05) is 30.3 Å². The minimum atomic E-state index is -4.49. The van der Waals surface area contributed by atoms with E-state index in [4.69, 9.17) is 15.5 Å². The van der Waals surface area contributed by atoms with Crippen molar-refractivity contribution in [3.63, 3.8) is 0 Å². The first-order valence-electron chi connectivity index (χ1n) is 4.92. The summed E-state index contributed by atoms with van der Waals surface area (Å²) in [5.41, 5.74) is 5.60. The summed E-state index contributed by atoms with van der Waals surface area (Å²) in [4.78, 5) is 18.2. The molecule has 0 saturated heterocycles. The molecule has 5 N–H and O–H groups in total. The lowest BCUT2D eigenvalue weighted by atomic mass is 10.0. The Morgan fingerprint density at radius 3 is 2.41 bits per heavy atom. The van der Waals surface area contributed by atoms with Gasteiger partial charge >= 0.3 is 7.60 Å². The maximum Gasteiger partial charge on any atom is 0.346 e. The van der Waals surface area contributed by atoms with Gasteiger partial charge in [0.05, 0.1) is 0 Å². The van der Waals surface area contributed by atoms with Crippen LogP contribution in [0.4, 0.5) is 0 Å². The molecule has 0 radical (unpaired) electrons. The van der Waals surface area contributed by atoms with Gasteiger partial charge < -0.3 is 20.6 Å². The lowest BCUT2D eigenvalue weighted by Gasteiger charge is -2.17. The quantitative estimate of drug-likeness (QED) is 0.609. The number of phenols is 1. The zero-order valence-electron chi connectivity index (χ0n) is 8.82. The molecule has 5 nitrogen and oxygen atoms in total. The highest BCUT2D eigenvalue weighted by atomic mass is 31.2. The van der Waals surface area contributed by atoms with Gasteiger partial charge in [0.2, 0.25) is 0 Å². The maximum absolute atomic E-state index is 11.2. The summed E-state index contributed by atoms with van der Waals surface area (Å²) in [5, 5.41) is 11.0. The number of hydrogen-bond acceptors (Lipinski definition) is 3. The van der Waals surface area contributed by atoms with Crippen molar-refractivity contribution in [1.82, 2.24) is 0 Å². The van der Waals surface area contributed by atoms with Crippen LogP contribution < -0.4 is 5.73 Å². The smallest absolute Gasteiger partial charge is 0.346 e. The van der Waals surface area contributed by atoms with Crippen LogP contribution in [0, 0.1) is 0 Å². The summed E-state index contributed by atoms with van der Waals surface area (Å²) in [5.74, 6) is -1.73. The van der Waals surface area contributed by atoms with Gasteiger partial charge in [0, 0.05) is 5.56 Å². The fourth-order valence-corrected chi connectivity index (χ4v) is 2.37. The van der Waals surface area contributed by atoms with E-state index >= 15 is 0 Å². The summed E-state index contributed by atoms with van der Waals surface area (Å²) < 4.78 is 11.2. The molecule has 0 heterocycles. The Hall–Kier alpha value is -1.39. The van der Waals surface area contributed by atoms with E-state index in [0.717, 1.165) is 5.39 Å². The molecule has 0 aliphatic carbocycles. The molecular formula is C11H12NO4P. The van der Waals surface area contributed by atoms with Gasteiger partial charge in [-0.2, -0.15) is 0 Å². The molecule has 90 valence electrons. The summed E-state index contributed by atoms with van der Waals surface area (Å²) in [6, 6.07) is 10.0. The number of nitrogens with two attached hydrogens (primary N) is 1. The lowest BCUT2D eigenvalue weighted by Crippen LogP contribution is -2.11. The van der Waals surface area contributed by atoms with Gasteiger partial charge in [0.15, 0.2) is 0 Å². The first-order chi connectivity index (χ1) is 7.91. The number of fused-ring (bicyclic) bond motifs is 1. The molecule has 0 amide bonds. The predicted molar refractivity (Wildman–Crippen MR) is 64.6 cm³/mol. The highest BCUT2D eigenvalue weighted by Gasteiger charge is 2.30. The van der Waals surface area contributed by atoms with E-state index in [9.17, 15) is 9.67 Å². The van der Waals surface area contributed by atoms with Crippen molar-refractivity contribution in [1.29, 1.82) is 0 Å². The lowest BCUT2D eigenvalue weighted by molar-refractivity contribution is 0.357. The number of rotatable bonds is 2. The van der Waals surface area contributed by atoms with Crippen molar-refractivity contribution in [2.45, 2.75) is 5.78 Å². The molecule has 2 rings (SSSR count). The Labute approximate surface area is 97.7 Å². The van der Waals surface area contributed by atoms with Crippen LogP contribution in [0.15, 0.2) is 36.4 Å². The van der Waals surface area contributed by atoms with Gasteiger partial charge in [-0.15, -0.1) is 0 Å². The molecule has 2 aromatic carbocycles. The fraction of sp³-hybridized carbons (Fsp3) is 0.0909. The van der Waals surface area contributed by atoms with Crippen LogP contribution >= 0.6 is 7.60 Å². The zero-order valence-corrected chi connectivity index (χ0v) is 9.71. The molecular weight excluding hydrogens is 241 g/mol. The van der Waals surface area contributed by atoms with Crippen LogP contribution in [0.25, 0.3) is 10.8 Å². The summed E-state index contributed by atoms with van der Waals surface area (Å²) >= 11 is 0. The molecule has 0 spiro atoms.